The van der Waals surface area contributed by atoms with Crippen LogP contribution >= 0.6 is 11.6 Å². The molecule has 0 bridgehead atoms. The Bertz CT molecular complexity index is 489. The highest BCUT2D eigenvalue weighted by atomic mass is 35.5. The van der Waals surface area contributed by atoms with Gasteiger partial charge in [0.25, 0.3) is 0 Å². The van der Waals surface area contributed by atoms with Gasteiger partial charge in [-0.05, 0) is 39.8 Å². The highest BCUT2D eigenvalue weighted by Gasteiger charge is 2.18. The van der Waals surface area contributed by atoms with E-state index in [9.17, 15) is 9.59 Å². The van der Waals surface area contributed by atoms with Crippen LogP contribution in [-0.2, 0) is 9.53 Å². The minimum Gasteiger partial charge on any atom is -0.481 e. The van der Waals surface area contributed by atoms with Crippen LogP contribution in [0.15, 0.2) is 18.2 Å². The van der Waals surface area contributed by atoms with E-state index in [-0.39, 0.29) is 23.7 Å². The van der Waals surface area contributed by atoms with Gasteiger partial charge >= 0.3 is 5.97 Å². The van der Waals surface area contributed by atoms with E-state index in [4.69, 9.17) is 21.1 Å². The topological polar surface area (TPSA) is 52.6 Å². The van der Waals surface area contributed by atoms with Crippen LogP contribution < -0.4 is 4.74 Å². The number of Topliss-reactive ketones (excluding diaryl/α,β-unsaturated/α-hetero) is 1. The fourth-order valence-electron chi connectivity index (χ4n) is 1.47. The standard InChI is InChI=1S/C14H17ClO4/c1-9(16)13-10(15)6-5-7-11(13)18-8-12(17)19-14(2,3)4/h5-7H,8H2,1-4H3. The lowest BCUT2D eigenvalue weighted by Gasteiger charge is -2.19. The van der Waals surface area contributed by atoms with E-state index in [1.807, 2.05) is 0 Å². The third kappa shape index (κ3) is 4.91. The van der Waals surface area contributed by atoms with Crippen molar-refractivity contribution in [3.05, 3.63) is 28.8 Å². The van der Waals surface area contributed by atoms with Gasteiger partial charge in [-0.15, -0.1) is 0 Å². The first-order valence-electron chi connectivity index (χ1n) is 5.85. The first-order chi connectivity index (χ1) is 8.70. The van der Waals surface area contributed by atoms with Gasteiger partial charge in [-0.1, -0.05) is 17.7 Å². The molecule has 0 fully saturated rings. The summed E-state index contributed by atoms with van der Waals surface area (Å²) in [6, 6.07) is 4.84. The van der Waals surface area contributed by atoms with E-state index in [1.165, 1.54) is 6.92 Å². The number of esters is 1. The van der Waals surface area contributed by atoms with Crippen LogP contribution in [0.25, 0.3) is 0 Å². The minimum atomic E-state index is -0.571. The first kappa shape index (κ1) is 15.5. The second kappa shape index (κ2) is 6.06. The zero-order valence-corrected chi connectivity index (χ0v) is 12.2. The number of hydrogen-bond donors (Lipinski definition) is 0. The molecule has 0 spiro atoms. The molecule has 4 nitrogen and oxygen atoms in total. The SMILES string of the molecule is CC(=O)c1c(Cl)cccc1OCC(=O)OC(C)(C)C. The zero-order valence-electron chi connectivity index (χ0n) is 11.5. The molecule has 0 heterocycles. The van der Waals surface area contributed by atoms with Crippen molar-refractivity contribution in [1.82, 2.24) is 0 Å². The highest BCUT2D eigenvalue weighted by Crippen LogP contribution is 2.26. The third-order valence-corrected chi connectivity index (χ3v) is 2.41. The zero-order chi connectivity index (χ0) is 14.6. The van der Waals surface area contributed by atoms with Gasteiger partial charge in [-0.3, -0.25) is 4.79 Å². The number of benzene rings is 1. The lowest BCUT2D eigenvalue weighted by Crippen LogP contribution is -2.27. The maximum atomic E-state index is 11.5. The minimum absolute atomic E-state index is 0.218. The molecule has 0 atom stereocenters. The molecule has 104 valence electrons. The molecule has 0 saturated heterocycles. The summed E-state index contributed by atoms with van der Waals surface area (Å²) >= 11 is 5.93. The molecule has 0 radical (unpaired) electrons. The fourth-order valence-corrected chi connectivity index (χ4v) is 1.77. The molecular weight excluding hydrogens is 268 g/mol. The quantitative estimate of drug-likeness (QED) is 0.629. The molecule has 0 N–H and O–H groups in total. The number of hydrogen-bond acceptors (Lipinski definition) is 4. The second-order valence-corrected chi connectivity index (χ2v) is 5.45. The Kier molecular flexibility index (Phi) is 4.95. The molecule has 1 rings (SSSR count). The number of ether oxygens (including phenoxy) is 2. The van der Waals surface area contributed by atoms with E-state index in [0.29, 0.717) is 5.02 Å². The molecule has 0 aliphatic carbocycles. The number of ketones is 1. The summed E-state index contributed by atoms with van der Waals surface area (Å²) in [4.78, 5) is 23.0. The van der Waals surface area contributed by atoms with Gasteiger partial charge in [0.15, 0.2) is 12.4 Å². The second-order valence-electron chi connectivity index (χ2n) is 5.04. The summed E-state index contributed by atoms with van der Waals surface area (Å²) in [6.07, 6.45) is 0. The molecule has 1 aromatic rings. The average Bonchev–Trinajstić information content (AvgIpc) is 2.23. The summed E-state index contributed by atoms with van der Waals surface area (Å²) in [5, 5.41) is 0.300. The van der Waals surface area contributed by atoms with Crippen LogP contribution in [0, 0.1) is 0 Å². The van der Waals surface area contributed by atoms with Gasteiger partial charge in [0, 0.05) is 0 Å². The summed E-state index contributed by atoms with van der Waals surface area (Å²) in [7, 11) is 0. The number of halogens is 1. The molecule has 0 unspecified atom stereocenters. The van der Waals surface area contributed by atoms with E-state index in [0.717, 1.165) is 0 Å². The maximum absolute atomic E-state index is 11.5. The summed E-state index contributed by atoms with van der Waals surface area (Å²) < 4.78 is 10.4. The largest absolute Gasteiger partial charge is 0.481 e. The number of rotatable bonds is 4. The molecule has 0 amide bonds. The number of carbonyl (C=O) groups excluding carboxylic acids is 2. The molecule has 0 saturated carbocycles. The predicted octanol–water partition coefficient (Wildman–Crippen LogP) is 3.26. The lowest BCUT2D eigenvalue weighted by molar-refractivity contribution is -0.157. The Morgan fingerprint density at radius 3 is 2.42 bits per heavy atom. The van der Waals surface area contributed by atoms with E-state index < -0.39 is 11.6 Å². The summed E-state index contributed by atoms with van der Waals surface area (Å²) in [5.74, 6) is -0.433. The highest BCUT2D eigenvalue weighted by molar-refractivity contribution is 6.34. The molecule has 1 aromatic carbocycles. The van der Waals surface area contributed by atoms with Crippen LogP contribution in [0.4, 0.5) is 0 Å². The number of carbonyl (C=O) groups is 2. The van der Waals surface area contributed by atoms with Crippen molar-refractivity contribution in [2.75, 3.05) is 6.61 Å². The van der Waals surface area contributed by atoms with Crippen LogP contribution in [0.5, 0.6) is 5.75 Å². The average molecular weight is 285 g/mol. The van der Waals surface area contributed by atoms with Gasteiger partial charge in [0.1, 0.15) is 11.4 Å². The summed E-state index contributed by atoms with van der Waals surface area (Å²) in [6.45, 7) is 6.43. The molecular formula is C14H17ClO4. The predicted molar refractivity (Wildman–Crippen MR) is 72.8 cm³/mol. The fraction of sp³-hybridized carbons (Fsp3) is 0.429. The van der Waals surface area contributed by atoms with Gasteiger partial charge < -0.3 is 9.47 Å². The smallest absolute Gasteiger partial charge is 0.344 e. The van der Waals surface area contributed by atoms with Crippen molar-refractivity contribution in [3.63, 3.8) is 0 Å². The monoisotopic (exact) mass is 284 g/mol. The molecule has 5 heteroatoms. The van der Waals surface area contributed by atoms with Crippen molar-refractivity contribution in [1.29, 1.82) is 0 Å². The van der Waals surface area contributed by atoms with Crippen LogP contribution in [0.2, 0.25) is 5.02 Å². The van der Waals surface area contributed by atoms with Crippen molar-refractivity contribution in [2.45, 2.75) is 33.3 Å². The molecule has 19 heavy (non-hydrogen) atoms. The maximum Gasteiger partial charge on any atom is 0.344 e. The Balaban J connectivity index is 2.76. The Labute approximate surface area is 117 Å². The molecule has 0 aliphatic rings. The van der Waals surface area contributed by atoms with E-state index in [1.54, 1.807) is 39.0 Å². The molecule has 0 aliphatic heterocycles. The van der Waals surface area contributed by atoms with Crippen LogP contribution in [0.1, 0.15) is 38.1 Å². The lowest BCUT2D eigenvalue weighted by atomic mass is 10.1. The molecule has 0 aromatic heterocycles. The Morgan fingerprint density at radius 2 is 1.89 bits per heavy atom. The normalized spacial score (nSPS) is 11.0. The van der Waals surface area contributed by atoms with Gasteiger partial charge in [0.05, 0.1) is 10.6 Å². The van der Waals surface area contributed by atoms with Crippen molar-refractivity contribution in [2.24, 2.45) is 0 Å². The Morgan fingerprint density at radius 1 is 1.26 bits per heavy atom. The van der Waals surface area contributed by atoms with Crippen LogP contribution in [-0.4, -0.2) is 24.0 Å². The van der Waals surface area contributed by atoms with Crippen molar-refractivity contribution >= 4 is 23.4 Å². The first-order valence-corrected chi connectivity index (χ1v) is 6.22. The van der Waals surface area contributed by atoms with E-state index >= 15 is 0 Å². The van der Waals surface area contributed by atoms with Gasteiger partial charge in [0.2, 0.25) is 0 Å². The third-order valence-electron chi connectivity index (χ3n) is 2.09. The summed E-state index contributed by atoms with van der Waals surface area (Å²) in [5.41, 5.74) is -0.300. The van der Waals surface area contributed by atoms with Crippen molar-refractivity contribution in [3.8, 4) is 5.75 Å². The van der Waals surface area contributed by atoms with E-state index in [2.05, 4.69) is 0 Å². The van der Waals surface area contributed by atoms with Gasteiger partial charge in [-0.25, -0.2) is 4.79 Å². The Hall–Kier alpha value is -1.55. The van der Waals surface area contributed by atoms with Crippen molar-refractivity contribution < 1.29 is 19.1 Å². The van der Waals surface area contributed by atoms with Gasteiger partial charge in [-0.2, -0.15) is 0 Å². The van der Waals surface area contributed by atoms with Crippen LogP contribution in [0.3, 0.4) is 0 Å².